The highest BCUT2D eigenvalue weighted by atomic mass is 35.5. The summed E-state index contributed by atoms with van der Waals surface area (Å²) in [4.78, 5) is 31.3. The number of nitrogens with one attached hydrogen (secondary N) is 1. The molecule has 2 aromatic carbocycles. The van der Waals surface area contributed by atoms with Crippen LogP contribution in [0.1, 0.15) is 39.8 Å². The van der Waals surface area contributed by atoms with Gasteiger partial charge in [-0.3, -0.25) is 9.59 Å². The number of piperidine rings is 1. The Morgan fingerprint density at radius 1 is 1.12 bits per heavy atom. The summed E-state index contributed by atoms with van der Waals surface area (Å²) >= 11 is 7.55. The molecule has 166 valence electrons. The van der Waals surface area contributed by atoms with Crippen molar-refractivity contribution in [2.75, 3.05) is 18.4 Å². The minimum atomic E-state index is -1.03. The molecular weight excluding hydrogens is 456 g/mol. The number of benzene rings is 2. The number of amides is 2. The highest BCUT2D eigenvalue weighted by molar-refractivity contribution is 7.10. The second-order valence-electron chi connectivity index (χ2n) is 7.58. The van der Waals surface area contributed by atoms with E-state index in [4.69, 9.17) is 11.6 Å². The minimum Gasteiger partial charge on any atom is -0.342 e. The van der Waals surface area contributed by atoms with Crippen molar-refractivity contribution in [2.45, 2.75) is 25.2 Å². The van der Waals surface area contributed by atoms with Crippen molar-refractivity contribution in [3.05, 3.63) is 80.8 Å². The highest BCUT2D eigenvalue weighted by Gasteiger charge is 2.26. The van der Waals surface area contributed by atoms with Crippen molar-refractivity contribution < 1.29 is 18.4 Å². The standard InChI is InChI=1S/C23H20ClF2N3O2S/c24-17-4-2-1-3-15(17)11-21(30)29-9-7-14(8-10-29)23-28-20(13-32-23)22(31)27-16-5-6-18(25)19(26)12-16/h1-6,12-14H,7-11H2,(H,27,31). The van der Waals surface area contributed by atoms with E-state index in [0.29, 0.717) is 18.1 Å². The first-order chi connectivity index (χ1) is 15.4. The van der Waals surface area contributed by atoms with Crippen LogP contribution in [0.2, 0.25) is 5.02 Å². The maximum absolute atomic E-state index is 13.3. The quantitative estimate of drug-likeness (QED) is 0.546. The van der Waals surface area contributed by atoms with Crippen molar-refractivity contribution in [1.82, 2.24) is 9.88 Å². The maximum Gasteiger partial charge on any atom is 0.275 e. The Labute approximate surface area is 193 Å². The van der Waals surface area contributed by atoms with E-state index in [1.54, 1.807) is 11.4 Å². The molecule has 1 aliphatic heterocycles. The summed E-state index contributed by atoms with van der Waals surface area (Å²) in [6.45, 7) is 1.23. The number of carbonyl (C=O) groups is 2. The van der Waals surface area contributed by atoms with Crippen molar-refractivity contribution >= 4 is 40.4 Å². The number of thiazole rings is 1. The third-order valence-electron chi connectivity index (χ3n) is 5.43. The van der Waals surface area contributed by atoms with Crippen LogP contribution in [0, 0.1) is 11.6 Å². The molecule has 5 nitrogen and oxygen atoms in total. The summed E-state index contributed by atoms with van der Waals surface area (Å²) < 4.78 is 26.4. The first-order valence-corrected chi connectivity index (χ1v) is 11.4. The second kappa shape index (κ2) is 9.75. The molecule has 0 radical (unpaired) electrons. The zero-order chi connectivity index (χ0) is 22.7. The largest absolute Gasteiger partial charge is 0.342 e. The van der Waals surface area contributed by atoms with Gasteiger partial charge in [0.15, 0.2) is 11.6 Å². The van der Waals surface area contributed by atoms with Crippen molar-refractivity contribution in [3.8, 4) is 0 Å². The fourth-order valence-electron chi connectivity index (χ4n) is 3.64. The SMILES string of the molecule is O=C(Nc1ccc(F)c(F)c1)c1csc(C2CCN(C(=O)Cc3ccccc3Cl)CC2)n1. The molecule has 1 aliphatic rings. The Morgan fingerprint density at radius 2 is 1.88 bits per heavy atom. The first kappa shape index (κ1) is 22.4. The predicted octanol–water partition coefficient (Wildman–Crippen LogP) is 5.28. The summed E-state index contributed by atoms with van der Waals surface area (Å²) in [5.74, 6) is -2.28. The average molecular weight is 476 g/mol. The van der Waals surface area contributed by atoms with Gasteiger partial charge in [0, 0.05) is 41.2 Å². The van der Waals surface area contributed by atoms with Gasteiger partial charge in [-0.05, 0) is 36.6 Å². The third-order valence-corrected chi connectivity index (χ3v) is 6.80. The summed E-state index contributed by atoms with van der Waals surface area (Å²) in [7, 11) is 0. The molecular formula is C23H20ClF2N3O2S. The predicted molar refractivity (Wildman–Crippen MR) is 120 cm³/mol. The van der Waals surface area contributed by atoms with E-state index in [9.17, 15) is 18.4 Å². The molecule has 32 heavy (non-hydrogen) atoms. The number of carbonyl (C=O) groups excluding carboxylic acids is 2. The summed E-state index contributed by atoms with van der Waals surface area (Å²) in [6, 6.07) is 10.5. The lowest BCUT2D eigenvalue weighted by molar-refractivity contribution is -0.131. The molecule has 0 aliphatic carbocycles. The fourth-order valence-corrected chi connectivity index (χ4v) is 4.81. The minimum absolute atomic E-state index is 0.0438. The number of nitrogens with zero attached hydrogens (tertiary/aromatic N) is 2. The number of hydrogen-bond acceptors (Lipinski definition) is 4. The Morgan fingerprint density at radius 3 is 2.59 bits per heavy atom. The molecule has 4 rings (SSSR count). The van der Waals surface area contributed by atoms with Crippen LogP contribution in [0.25, 0.3) is 0 Å². The topological polar surface area (TPSA) is 62.3 Å². The molecule has 0 spiro atoms. The van der Waals surface area contributed by atoms with Crippen LogP contribution in [-0.2, 0) is 11.2 Å². The van der Waals surface area contributed by atoms with Gasteiger partial charge < -0.3 is 10.2 Å². The van der Waals surface area contributed by atoms with Gasteiger partial charge in [0.2, 0.25) is 5.91 Å². The summed E-state index contributed by atoms with van der Waals surface area (Å²) in [5, 5.41) is 5.60. The van der Waals surface area contributed by atoms with E-state index in [0.717, 1.165) is 35.5 Å². The lowest BCUT2D eigenvalue weighted by Gasteiger charge is -2.31. The van der Waals surface area contributed by atoms with Crippen LogP contribution < -0.4 is 5.32 Å². The molecule has 0 saturated carbocycles. The molecule has 3 aromatic rings. The Bertz CT molecular complexity index is 1150. The molecule has 1 saturated heterocycles. The Kier molecular flexibility index (Phi) is 6.81. The zero-order valence-electron chi connectivity index (χ0n) is 17.0. The van der Waals surface area contributed by atoms with Gasteiger partial charge in [-0.1, -0.05) is 29.8 Å². The summed E-state index contributed by atoms with van der Waals surface area (Å²) in [6.07, 6.45) is 1.79. The number of halogens is 3. The second-order valence-corrected chi connectivity index (χ2v) is 8.87. The van der Waals surface area contributed by atoms with Crippen molar-refractivity contribution in [2.24, 2.45) is 0 Å². The fraction of sp³-hybridized carbons (Fsp3) is 0.261. The van der Waals surface area contributed by atoms with Gasteiger partial charge in [0.1, 0.15) is 5.69 Å². The zero-order valence-corrected chi connectivity index (χ0v) is 18.6. The normalized spacial score (nSPS) is 14.4. The van der Waals surface area contributed by atoms with Gasteiger partial charge in [-0.25, -0.2) is 13.8 Å². The van der Waals surface area contributed by atoms with Crippen LogP contribution in [-0.4, -0.2) is 34.8 Å². The molecule has 1 fully saturated rings. The molecule has 1 aromatic heterocycles. The number of anilines is 1. The highest BCUT2D eigenvalue weighted by Crippen LogP contribution is 2.31. The molecule has 2 heterocycles. The maximum atomic E-state index is 13.3. The Balaban J connectivity index is 1.32. The molecule has 0 unspecified atom stereocenters. The average Bonchev–Trinajstić information content (AvgIpc) is 3.28. The number of aromatic nitrogens is 1. The third kappa shape index (κ3) is 5.14. The smallest absolute Gasteiger partial charge is 0.275 e. The summed E-state index contributed by atoms with van der Waals surface area (Å²) in [5.41, 5.74) is 1.21. The van der Waals surface area contributed by atoms with Gasteiger partial charge in [0.25, 0.3) is 5.91 Å². The van der Waals surface area contributed by atoms with E-state index < -0.39 is 17.5 Å². The van der Waals surface area contributed by atoms with E-state index in [2.05, 4.69) is 10.3 Å². The first-order valence-electron chi connectivity index (χ1n) is 10.1. The lowest BCUT2D eigenvalue weighted by Crippen LogP contribution is -2.38. The van der Waals surface area contributed by atoms with Crippen LogP contribution in [0.5, 0.6) is 0 Å². The number of hydrogen-bond donors (Lipinski definition) is 1. The van der Waals surface area contributed by atoms with E-state index in [-0.39, 0.29) is 29.6 Å². The van der Waals surface area contributed by atoms with Crippen LogP contribution in [0.3, 0.4) is 0 Å². The van der Waals surface area contributed by atoms with Gasteiger partial charge in [0.05, 0.1) is 11.4 Å². The molecule has 0 bridgehead atoms. The molecule has 1 N–H and O–H groups in total. The number of rotatable bonds is 5. The molecule has 0 atom stereocenters. The number of likely N-dealkylation sites (tertiary alicyclic amines) is 1. The van der Waals surface area contributed by atoms with E-state index >= 15 is 0 Å². The van der Waals surface area contributed by atoms with Gasteiger partial charge in [-0.2, -0.15) is 0 Å². The van der Waals surface area contributed by atoms with Crippen LogP contribution in [0.4, 0.5) is 14.5 Å². The monoisotopic (exact) mass is 475 g/mol. The van der Waals surface area contributed by atoms with Gasteiger partial charge >= 0.3 is 0 Å². The van der Waals surface area contributed by atoms with Crippen LogP contribution >= 0.6 is 22.9 Å². The van der Waals surface area contributed by atoms with Crippen molar-refractivity contribution in [3.63, 3.8) is 0 Å². The van der Waals surface area contributed by atoms with Crippen LogP contribution in [0.15, 0.2) is 47.8 Å². The Hall–Kier alpha value is -2.84. The molecule has 2 amide bonds. The van der Waals surface area contributed by atoms with E-state index in [1.165, 1.54) is 17.4 Å². The lowest BCUT2D eigenvalue weighted by atomic mass is 9.97. The van der Waals surface area contributed by atoms with Gasteiger partial charge in [-0.15, -0.1) is 11.3 Å². The molecule has 9 heteroatoms. The van der Waals surface area contributed by atoms with E-state index in [1.807, 2.05) is 23.1 Å². The van der Waals surface area contributed by atoms with Crippen molar-refractivity contribution in [1.29, 1.82) is 0 Å².